The lowest BCUT2D eigenvalue weighted by Gasteiger charge is -2.11. The van der Waals surface area contributed by atoms with Crippen LogP contribution in [0.1, 0.15) is 0 Å². The maximum absolute atomic E-state index is 6.39. The minimum absolute atomic E-state index is 0.842. The van der Waals surface area contributed by atoms with Crippen molar-refractivity contribution in [3.8, 4) is 39.2 Å². The third-order valence-electron chi connectivity index (χ3n) is 10.2. The van der Waals surface area contributed by atoms with Crippen molar-refractivity contribution in [3.05, 3.63) is 170 Å². The zero-order valence-electron chi connectivity index (χ0n) is 27.4. The SMILES string of the molecule is c1cc(-c2ccc3c(c2)c2ccccc2n3-c2cccc(-c3cc4oc5ccccc5c4cn3)c2)cc(-c2cccc3c2oc2ccccc23)c1. The van der Waals surface area contributed by atoms with E-state index in [0.717, 1.165) is 88.5 Å². The Kier molecular flexibility index (Phi) is 5.92. The summed E-state index contributed by atoms with van der Waals surface area (Å²) in [6.07, 6.45) is 1.93. The van der Waals surface area contributed by atoms with Crippen LogP contribution in [0.3, 0.4) is 0 Å². The van der Waals surface area contributed by atoms with E-state index < -0.39 is 0 Å². The molecule has 0 bridgehead atoms. The largest absolute Gasteiger partial charge is 0.456 e. The molecule has 11 aromatic rings. The topological polar surface area (TPSA) is 44.1 Å². The first kappa shape index (κ1) is 28.0. The van der Waals surface area contributed by atoms with Crippen LogP contribution in [0.4, 0.5) is 0 Å². The van der Waals surface area contributed by atoms with Gasteiger partial charge in [0.1, 0.15) is 22.3 Å². The van der Waals surface area contributed by atoms with Crippen LogP contribution in [0.5, 0.6) is 0 Å². The third-order valence-corrected chi connectivity index (χ3v) is 10.2. The van der Waals surface area contributed by atoms with Gasteiger partial charge < -0.3 is 13.4 Å². The molecule has 0 spiro atoms. The van der Waals surface area contributed by atoms with E-state index in [4.69, 9.17) is 13.8 Å². The molecule has 51 heavy (non-hydrogen) atoms. The molecule has 0 unspecified atom stereocenters. The maximum atomic E-state index is 6.39. The fourth-order valence-electron chi connectivity index (χ4n) is 7.85. The van der Waals surface area contributed by atoms with Gasteiger partial charge >= 0.3 is 0 Å². The standard InChI is InChI=1S/C47H28N2O2/c1-4-19-42-35(14-1)39-26-30(29-10-7-11-31(24-29)34-17-9-18-38-36-15-2-6-21-45(36)51-47(34)38)22-23-43(39)49(42)33-13-8-12-32(25-33)41-27-46-40(28-48-41)37-16-3-5-20-44(37)50-46/h1-28H. The highest BCUT2D eigenvalue weighted by molar-refractivity contribution is 6.12. The lowest BCUT2D eigenvalue weighted by Crippen LogP contribution is -1.94. The van der Waals surface area contributed by atoms with Crippen molar-refractivity contribution in [1.82, 2.24) is 9.55 Å². The van der Waals surface area contributed by atoms with Crippen LogP contribution < -0.4 is 0 Å². The van der Waals surface area contributed by atoms with Crippen molar-refractivity contribution in [2.75, 3.05) is 0 Å². The minimum Gasteiger partial charge on any atom is -0.456 e. The summed E-state index contributed by atoms with van der Waals surface area (Å²) in [5.41, 5.74) is 13.4. The number of benzene rings is 7. The summed E-state index contributed by atoms with van der Waals surface area (Å²) < 4.78 is 14.9. The number of hydrogen-bond donors (Lipinski definition) is 0. The number of rotatable bonds is 4. The van der Waals surface area contributed by atoms with Crippen molar-refractivity contribution in [3.63, 3.8) is 0 Å². The number of fused-ring (bicyclic) bond motifs is 9. The molecule has 0 aliphatic heterocycles. The molecule has 238 valence electrons. The van der Waals surface area contributed by atoms with E-state index in [9.17, 15) is 0 Å². The van der Waals surface area contributed by atoms with Gasteiger partial charge in [-0.15, -0.1) is 0 Å². The Balaban J connectivity index is 1.02. The van der Waals surface area contributed by atoms with Crippen molar-refractivity contribution >= 4 is 65.7 Å². The summed E-state index contributed by atoms with van der Waals surface area (Å²) in [4.78, 5) is 4.87. The Labute approximate surface area is 292 Å². The minimum atomic E-state index is 0.842. The van der Waals surface area contributed by atoms with Gasteiger partial charge in [-0.1, -0.05) is 109 Å². The van der Waals surface area contributed by atoms with Gasteiger partial charge in [-0.25, -0.2) is 0 Å². The molecule has 0 atom stereocenters. The van der Waals surface area contributed by atoms with Crippen LogP contribution in [-0.4, -0.2) is 9.55 Å². The molecule has 0 aliphatic carbocycles. The second-order valence-corrected chi connectivity index (χ2v) is 13.2. The van der Waals surface area contributed by atoms with Crippen LogP contribution in [0.25, 0.3) is 105 Å². The first-order valence-electron chi connectivity index (χ1n) is 17.2. The summed E-state index contributed by atoms with van der Waals surface area (Å²) in [6.45, 7) is 0. The van der Waals surface area contributed by atoms with Crippen molar-refractivity contribution in [2.45, 2.75) is 0 Å². The van der Waals surface area contributed by atoms with Gasteiger partial charge in [-0.3, -0.25) is 4.98 Å². The molecule has 4 heterocycles. The van der Waals surface area contributed by atoms with Gasteiger partial charge in [0.15, 0.2) is 0 Å². The molecule has 4 nitrogen and oxygen atoms in total. The molecule has 0 amide bonds. The predicted octanol–water partition coefficient (Wildman–Crippen LogP) is 13.0. The predicted molar refractivity (Wildman–Crippen MR) is 209 cm³/mol. The summed E-state index contributed by atoms with van der Waals surface area (Å²) in [7, 11) is 0. The Hall–Kier alpha value is -6.91. The highest BCUT2D eigenvalue weighted by atomic mass is 16.3. The number of para-hydroxylation sites is 4. The molecule has 0 saturated carbocycles. The second kappa shape index (κ2) is 10.8. The summed E-state index contributed by atoms with van der Waals surface area (Å²) >= 11 is 0. The van der Waals surface area contributed by atoms with Crippen LogP contribution in [0, 0.1) is 0 Å². The van der Waals surface area contributed by atoms with Crippen LogP contribution in [-0.2, 0) is 0 Å². The number of nitrogens with zero attached hydrogens (tertiary/aromatic N) is 2. The van der Waals surface area contributed by atoms with Crippen molar-refractivity contribution in [1.29, 1.82) is 0 Å². The third kappa shape index (κ3) is 4.30. The lowest BCUT2D eigenvalue weighted by atomic mass is 9.97. The lowest BCUT2D eigenvalue weighted by molar-refractivity contribution is 0.668. The molecule has 0 saturated heterocycles. The van der Waals surface area contributed by atoms with Gasteiger partial charge in [0.2, 0.25) is 0 Å². The Bertz CT molecular complexity index is 3160. The van der Waals surface area contributed by atoms with Gasteiger partial charge in [0, 0.05) is 61.4 Å². The fraction of sp³-hybridized carbons (Fsp3) is 0. The molecule has 4 aromatic heterocycles. The van der Waals surface area contributed by atoms with Gasteiger partial charge in [0.25, 0.3) is 0 Å². The van der Waals surface area contributed by atoms with Gasteiger partial charge in [-0.2, -0.15) is 0 Å². The quantitative estimate of drug-likeness (QED) is 0.190. The van der Waals surface area contributed by atoms with Gasteiger partial charge in [0.05, 0.1) is 16.7 Å². The molecule has 7 aromatic carbocycles. The Morgan fingerprint density at radius 1 is 0.392 bits per heavy atom. The molecule has 4 heteroatoms. The van der Waals surface area contributed by atoms with Crippen LogP contribution >= 0.6 is 0 Å². The Morgan fingerprint density at radius 3 is 1.96 bits per heavy atom. The normalized spacial score (nSPS) is 11.9. The first-order chi connectivity index (χ1) is 25.3. The van der Waals surface area contributed by atoms with Crippen LogP contribution in [0.2, 0.25) is 0 Å². The monoisotopic (exact) mass is 652 g/mol. The number of aromatic nitrogens is 2. The molecule has 0 fully saturated rings. The molecular weight excluding hydrogens is 625 g/mol. The summed E-state index contributed by atoms with van der Waals surface area (Å²) in [5.74, 6) is 0. The number of hydrogen-bond acceptors (Lipinski definition) is 3. The molecule has 0 N–H and O–H groups in total. The average Bonchev–Trinajstić information content (AvgIpc) is 3.87. The maximum Gasteiger partial charge on any atom is 0.143 e. The van der Waals surface area contributed by atoms with Crippen molar-refractivity contribution in [2.24, 2.45) is 0 Å². The number of furan rings is 2. The van der Waals surface area contributed by atoms with E-state index in [2.05, 4.69) is 138 Å². The molecule has 0 radical (unpaired) electrons. The number of pyridine rings is 1. The smallest absolute Gasteiger partial charge is 0.143 e. The van der Waals surface area contributed by atoms with E-state index in [1.54, 1.807) is 0 Å². The van der Waals surface area contributed by atoms with Gasteiger partial charge in [-0.05, 0) is 65.2 Å². The van der Waals surface area contributed by atoms with E-state index in [1.807, 2.05) is 36.5 Å². The highest BCUT2D eigenvalue weighted by Gasteiger charge is 2.16. The zero-order valence-corrected chi connectivity index (χ0v) is 27.4. The zero-order chi connectivity index (χ0) is 33.5. The average molecular weight is 653 g/mol. The van der Waals surface area contributed by atoms with E-state index in [0.29, 0.717) is 0 Å². The summed E-state index contributed by atoms with van der Waals surface area (Å²) in [6, 6.07) is 57.7. The van der Waals surface area contributed by atoms with E-state index in [1.165, 1.54) is 16.3 Å². The van der Waals surface area contributed by atoms with Crippen LogP contribution in [0.15, 0.2) is 179 Å². The second-order valence-electron chi connectivity index (χ2n) is 13.2. The van der Waals surface area contributed by atoms with E-state index >= 15 is 0 Å². The summed E-state index contributed by atoms with van der Waals surface area (Å²) in [5, 5.41) is 6.81. The molecule has 0 aliphatic rings. The highest BCUT2D eigenvalue weighted by Crippen LogP contribution is 2.39. The van der Waals surface area contributed by atoms with Crippen molar-refractivity contribution < 1.29 is 8.83 Å². The fourth-order valence-corrected chi connectivity index (χ4v) is 7.85. The Morgan fingerprint density at radius 2 is 1.06 bits per heavy atom. The molecule has 11 rings (SSSR count). The molecular formula is C47H28N2O2. The first-order valence-corrected chi connectivity index (χ1v) is 17.2. The van der Waals surface area contributed by atoms with E-state index in [-0.39, 0.29) is 0 Å².